The summed E-state index contributed by atoms with van der Waals surface area (Å²) in [7, 11) is 0. The van der Waals surface area contributed by atoms with Crippen molar-refractivity contribution in [2.24, 2.45) is 5.73 Å². The minimum Gasteiger partial charge on any atom is -0.380 e. The minimum absolute atomic E-state index is 0.101. The Kier molecular flexibility index (Phi) is 4.75. The van der Waals surface area contributed by atoms with Crippen LogP contribution in [0.5, 0.6) is 0 Å². The topological polar surface area (TPSA) is 38.5 Å². The molecule has 1 saturated heterocycles. The average Bonchev–Trinajstić information content (AvgIpc) is 2.57. The summed E-state index contributed by atoms with van der Waals surface area (Å²) in [6.45, 7) is 9.00. The van der Waals surface area contributed by atoms with Gasteiger partial charge in [-0.2, -0.15) is 0 Å². The smallest absolute Gasteiger partial charge is 0.0593 e. The Morgan fingerprint density at radius 1 is 1.28 bits per heavy atom. The molecule has 100 valence electrons. The summed E-state index contributed by atoms with van der Waals surface area (Å²) in [5, 5.41) is 0. The van der Waals surface area contributed by atoms with Gasteiger partial charge in [-0.05, 0) is 31.4 Å². The summed E-state index contributed by atoms with van der Waals surface area (Å²) in [5.74, 6) is 0. The van der Waals surface area contributed by atoms with Crippen LogP contribution in [0.1, 0.15) is 29.2 Å². The molecule has 0 saturated carbocycles. The molecular weight excluding hydrogens is 224 g/mol. The molecule has 2 N–H and O–H groups in total. The molecule has 0 spiro atoms. The molecule has 0 radical (unpaired) electrons. The van der Waals surface area contributed by atoms with Crippen molar-refractivity contribution in [3.05, 3.63) is 34.9 Å². The predicted molar refractivity (Wildman–Crippen MR) is 74.7 cm³/mol. The van der Waals surface area contributed by atoms with Crippen LogP contribution in [0, 0.1) is 13.8 Å². The van der Waals surface area contributed by atoms with Gasteiger partial charge in [-0.3, -0.25) is 4.90 Å². The van der Waals surface area contributed by atoms with Crippen molar-refractivity contribution < 1.29 is 4.74 Å². The molecule has 0 aliphatic carbocycles. The Bertz CT molecular complexity index is 384. The number of benzene rings is 1. The highest BCUT2D eigenvalue weighted by Crippen LogP contribution is 2.18. The van der Waals surface area contributed by atoms with Crippen LogP contribution >= 0.6 is 0 Å². The number of ether oxygens (including phenoxy) is 1. The van der Waals surface area contributed by atoms with Crippen LogP contribution in [0.2, 0.25) is 0 Å². The maximum absolute atomic E-state index is 6.35. The van der Waals surface area contributed by atoms with E-state index in [0.717, 1.165) is 39.3 Å². The van der Waals surface area contributed by atoms with Crippen LogP contribution < -0.4 is 5.73 Å². The fourth-order valence-electron chi connectivity index (χ4n) is 2.60. The molecule has 1 aliphatic heterocycles. The summed E-state index contributed by atoms with van der Waals surface area (Å²) in [5.41, 5.74) is 10.2. The summed E-state index contributed by atoms with van der Waals surface area (Å²) < 4.78 is 5.47. The quantitative estimate of drug-likeness (QED) is 0.889. The maximum atomic E-state index is 6.35. The van der Waals surface area contributed by atoms with Gasteiger partial charge < -0.3 is 10.5 Å². The van der Waals surface area contributed by atoms with Crippen molar-refractivity contribution in [1.82, 2.24) is 4.90 Å². The van der Waals surface area contributed by atoms with Crippen LogP contribution in [0.3, 0.4) is 0 Å². The lowest BCUT2D eigenvalue weighted by atomic mass is 9.99. The summed E-state index contributed by atoms with van der Waals surface area (Å²) in [6, 6.07) is 6.63. The van der Waals surface area contributed by atoms with Gasteiger partial charge in [0.2, 0.25) is 0 Å². The van der Waals surface area contributed by atoms with Gasteiger partial charge in [-0.15, -0.1) is 0 Å². The van der Waals surface area contributed by atoms with E-state index >= 15 is 0 Å². The minimum atomic E-state index is 0.101. The molecule has 1 aromatic rings. The molecule has 1 heterocycles. The SMILES string of the molecule is Cc1ccc(C(N)CN2CCCOCC2)c(C)c1. The van der Waals surface area contributed by atoms with Crippen molar-refractivity contribution in [2.75, 3.05) is 32.8 Å². The zero-order valence-electron chi connectivity index (χ0n) is 11.5. The third kappa shape index (κ3) is 3.55. The van der Waals surface area contributed by atoms with Crippen LogP contribution in [-0.4, -0.2) is 37.7 Å². The molecule has 0 amide bonds. The standard InChI is InChI=1S/C15H24N2O/c1-12-4-5-14(13(2)10-12)15(16)11-17-6-3-8-18-9-7-17/h4-5,10,15H,3,6-9,11,16H2,1-2H3. The van der Waals surface area contributed by atoms with E-state index in [2.05, 4.69) is 36.9 Å². The highest BCUT2D eigenvalue weighted by Gasteiger charge is 2.15. The van der Waals surface area contributed by atoms with E-state index in [4.69, 9.17) is 10.5 Å². The van der Waals surface area contributed by atoms with Crippen molar-refractivity contribution in [3.63, 3.8) is 0 Å². The maximum Gasteiger partial charge on any atom is 0.0593 e. The van der Waals surface area contributed by atoms with Gasteiger partial charge in [0, 0.05) is 32.3 Å². The van der Waals surface area contributed by atoms with E-state index < -0.39 is 0 Å². The largest absolute Gasteiger partial charge is 0.380 e. The Hall–Kier alpha value is -0.900. The van der Waals surface area contributed by atoms with E-state index in [1.54, 1.807) is 0 Å². The molecule has 0 aromatic heterocycles. The lowest BCUT2D eigenvalue weighted by Crippen LogP contribution is -2.34. The van der Waals surface area contributed by atoms with Crippen molar-refractivity contribution in [3.8, 4) is 0 Å². The monoisotopic (exact) mass is 248 g/mol. The first-order valence-corrected chi connectivity index (χ1v) is 6.79. The van der Waals surface area contributed by atoms with Crippen LogP contribution in [-0.2, 0) is 4.74 Å². The molecular formula is C15H24N2O. The van der Waals surface area contributed by atoms with E-state index in [1.807, 2.05) is 0 Å². The lowest BCUT2D eigenvalue weighted by molar-refractivity contribution is 0.140. The van der Waals surface area contributed by atoms with Gasteiger partial charge in [-0.1, -0.05) is 23.8 Å². The normalized spacial score (nSPS) is 19.5. The van der Waals surface area contributed by atoms with Crippen molar-refractivity contribution in [2.45, 2.75) is 26.3 Å². The van der Waals surface area contributed by atoms with Crippen LogP contribution in [0.15, 0.2) is 18.2 Å². The fourth-order valence-corrected chi connectivity index (χ4v) is 2.60. The summed E-state index contributed by atoms with van der Waals surface area (Å²) in [4.78, 5) is 2.41. The third-order valence-corrected chi connectivity index (χ3v) is 3.59. The molecule has 1 aromatic carbocycles. The van der Waals surface area contributed by atoms with Gasteiger partial charge in [0.25, 0.3) is 0 Å². The molecule has 1 fully saturated rings. The summed E-state index contributed by atoms with van der Waals surface area (Å²) >= 11 is 0. The second kappa shape index (κ2) is 6.32. The molecule has 2 rings (SSSR count). The van der Waals surface area contributed by atoms with E-state index in [1.165, 1.54) is 16.7 Å². The Balaban J connectivity index is 1.99. The van der Waals surface area contributed by atoms with E-state index in [-0.39, 0.29) is 6.04 Å². The predicted octanol–water partition coefficient (Wildman–Crippen LogP) is 2.03. The molecule has 1 aliphatic rings. The number of hydrogen-bond donors (Lipinski definition) is 1. The zero-order chi connectivity index (χ0) is 13.0. The third-order valence-electron chi connectivity index (χ3n) is 3.59. The number of aryl methyl sites for hydroxylation is 2. The second-order valence-corrected chi connectivity index (χ2v) is 5.23. The number of rotatable bonds is 3. The molecule has 18 heavy (non-hydrogen) atoms. The van der Waals surface area contributed by atoms with Gasteiger partial charge in [0.05, 0.1) is 6.61 Å². The summed E-state index contributed by atoms with van der Waals surface area (Å²) in [6.07, 6.45) is 1.11. The highest BCUT2D eigenvalue weighted by molar-refractivity contribution is 5.32. The van der Waals surface area contributed by atoms with Gasteiger partial charge in [0.1, 0.15) is 0 Å². The van der Waals surface area contributed by atoms with Gasteiger partial charge in [0.15, 0.2) is 0 Å². The first-order valence-electron chi connectivity index (χ1n) is 6.79. The van der Waals surface area contributed by atoms with E-state index in [0.29, 0.717) is 0 Å². The highest BCUT2D eigenvalue weighted by atomic mass is 16.5. The molecule has 3 nitrogen and oxygen atoms in total. The van der Waals surface area contributed by atoms with E-state index in [9.17, 15) is 0 Å². The average molecular weight is 248 g/mol. The fraction of sp³-hybridized carbons (Fsp3) is 0.600. The number of nitrogens with two attached hydrogens (primary N) is 1. The molecule has 1 unspecified atom stereocenters. The number of hydrogen-bond acceptors (Lipinski definition) is 3. The molecule has 0 bridgehead atoms. The van der Waals surface area contributed by atoms with Crippen molar-refractivity contribution in [1.29, 1.82) is 0 Å². The van der Waals surface area contributed by atoms with Crippen LogP contribution in [0.25, 0.3) is 0 Å². The first-order chi connectivity index (χ1) is 8.66. The van der Waals surface area contributed by atoms with Crippen molar-refractivity contribution >= 4 is 0 Å². The molecule has 3 heteroatoms. The Morgan fingerprint density at radius 3 is 2.89 bits per heavy atom. The van der Waals surface area contributed by atoms with Gasteiger partial charge in [-0.25, -0.2) is 0 Å². The lowest BCUT2D eigenvalue weighted by Gasteiger charge is -2.24. The van der Waals surface area contributed by atoms with Crippen LogP contribution in [0.4, 0.5) is 0 Å². The first kappa shape index (κ1) is 13.5. The second-order valence-electron chi connectivity index (χ2n) is 5.23. The Morgan fingerprint density at radius 2 is 2.11 bits per heavy atom. The van der Waals surface area contributed by atoms with Gasteiger partial charge >= 0.3 is 0 Å². The Labute approximate surface area is 110 Å². The number of nitrogens with zero attached hydrogens (tertiary/aromatic N) is 1. The molecule has 1 atom stereocenters. The zero-order valence-corrected chi connectivity index (χ0v) is 11.5.